The zero-order chi connectivity index (χ0) is 17.5. The second kappa shape index (κ2) is 6.03. The molecule has 7 heteroatoms. The number of rotatable bonds is 4. The van der Waals surface area contributed by atoms with Crippen LogP contribution in [0.15, 0.2) is 54.0 Å². The smallest absolute Gasteiger partial charge is 0.258 e. The normalized spacial score (nSPS) is 17.5. The third-order valence-corrected chi connectivity index (χ3v) is 5.34. The Balaban J connectivity index is 1.49. The summed E-state index contributed by atoms with van der Waals surface area (Å²) in [6.07, 6.45) is 1.39. The van der Waals surface area contributed by atoms with E-state index in [9.17, 15) is 4.79 Å². The number of nitrogens with zero attached hydrogens (tertiary/aromatic N) is 2. The highest BCUT2D eigenvalue weighted by atomic mass is 32.1. The van der Waals surface area contributed by atoms with Crippen LogP contribution in [0.3, 0.4) is 0 Å². The number of ether oxygens (including phenoxy) is 2. The summed E-state index contributed by atoms with van der Waals surface area (Å²) in [4.78, 5) is 20.3. The summed E-state index contributed by atoms with van der Waals surface area (Å²) in [5.41, 5.74) is 2.23. The van der Waals surface area contributed by atoms with Crippen molar-refractivity contribution >= 4 is 22.9 Å². The van der Waals surface area contributed by atoms with E-state index in [1.54, 1.807) is 23.6 Å². The minimum Gasteiger partial charge on any atom is -0.454 e. The number of benzene rings is 1. The Labute approximate surface area is 154 Å². The molecule has 26 heavy (non-hydrogen) atoms. The summed E-state index contributed by atoms with van der Waals surface area (Å²) in [6, 6.07) is 13.3. The van der Waals surface area contributed by atoms with Gasteiger partial charge in [-0.25, -0.2) is 0 Å². The first-order valence-corrected chi connectivity index (χ1v) is 9.12. The van der Waals surface area contributed by atoms with Gasteiger partial charge in [-0.2, -0.15) is 0 Å². The molecule has 0 aliphatic carbocycles. The molecule has 0 unspecified atom stereocenters. The number of carbonyl (C=O) groups excluding carboxylic acids is 1. The lowest BCUT2D eigenvalue weighted by atomic mass is 10.2. The monoisotopic (exact) mass is 365 g/mol. The zero-order valence-electron chi connectivity index (χ0n) is 13.7. The van der Waals surface area contributed by atoms with Crippen molar-refractivity contribution in [3.63, 3.8) is 0 Å². The average molecular weight is 365 g/mol. The van der Waals surface area contributed by atoms with Crippen molar-refractivity contribution in [1.82, 2.24) is 9.88 Å². The van der Waals surface area contributed by atoms with E-state index in [1.807, 2.05) is 46.7 Å². The maximum absolute atomic E-state index is 12.9. The van der Waals surface area contributed by atoms with E-state index in [1.165, 1.54) is 0 Å². The molecular weight excluding hydrogens is 350 g/mol. The number of fused-ring (bicyclic) bond motifs is 2. The number of aromatic nitrogens is 1. The number of carbonyl (C=O) groups is 1. The number of hydrogen-bond acceptors (Lipinski definition) is 6. The number of nitrogens with one attached hydrogen (secondary N) is 1. The van der Waals surface area contributed by atoms with Crippen LogP contribution >= 0.6 is 11.3 Å². The number of amides is 1. The molecule has 0 bridgehead atoms. The number of thiophene rings is 1. The third-order valence-electron chi connectivity index (χ3n) is 4.48. The largest absolute Gasteiger partial charge is 0.454 e. The average Bonchev–Trinajstić information content (AvgIpc) is 3.39. The number of pyridine rings is 1. The lowest BCUT2D eigenvalue weighted by Gasteiger charge is -2.26. The molecule has 6 nitrogen and oxygen atoms in total. The van der Waals surface area contributed by atoms with Crippen molar-refractivity contribution in [3.05, 3.63) is 70.2 Å². The first kappa shape index (κ1) is 15.2. The highest BCUT2D eigenvalue weighted by Gasteiger charge is 2.38. The Morgan fingerprint density at radius 1 is 1.19 bits per heavy atom. The highest BCUT2D eigenvalue weighted by molar-refractivity contribution is 7.09. The van der Waals surface area contributed by atoms with Crippen LogP contribution in [0.2, 0.25) is 0 Å². The molecule has 0 fully saturated rings. The summed E-state index contributed by atoms with van der Waals surface area (Å²) >= 11 is 1.64. The fourth-order valence-electron chi connectivity index (χ4n) is 3.26. The predicted molar refractivity (Wildman–Crippen MR) is 97.4 cm³/mol. The van der Waals surface area contributed by atoms with Crippen molar-refractivity contribution < 1.29 is 14.3 Å². The number of anilines is 1. The molecule has 2 aliphatic heterocycles. The molecule has 130 valence electrons. The molecule has 2 aliphatic rings. The van der Waals surface area contributed by atoms with Crippen molar-refractivity contribution in [2.75, 3.05) is 12.1 Å². The molecule has 3 aromatic rings. The Morgan fingerprint density at radius 2 is 2.12 bits per heavy atom. The van der Waals surface area contributed by atoms with E-state index >= 15 is 0 Å². The summed E-state index contributed by atoms with van der Waals surface area (Å²) in [5, 5.41) is 5.45. The molecule has 1 N–H and O–H groups in total. The van der Waals surface area contributed by atoms with E-state index in [0.29, 0.717) is 17.9 Å². The molecular formula is C19H15N3O3S. The molecule has 1 aromatic carbocycles. The van der Waals surface area contributed by atoms with Gasteiger partial charge in [-0.1, -0.05) is 6.07 Å². The standard InChI is InChI=1S/C19H15N3O3S/c23-19-14-4-1-7-20-17(14)18(22(19)10-13-3-2-8-26-13)21-12-5-6-15-16(9-12)25-11-24-15/h1-9,18,21H,10-11H2/t18-/m0/s1. The quantitative estimate of drug-likeness (QED) is 0.765. The summed E-state index contributed by atoms with van der Waals surface area (Å²) in [6.45, 7) is 0.769. The van der Waals surface area contributed by atoms with Gasteiger partial charge in [0.05, 0.1) is 17.8 Å². The second-order valence-electron chi connectivity index (χ2n) is 6.06. The maximum atomic E-state index is 12.9. The summed E-state index contributed by atoms with van der Waals surface area (Å²) in [5.74, 6) is 1.41. The fourth-order valence-corrected chi connectivity index (χ4v) is 3.96. The topological polar surface area (TPSA) is 63.7 Å². The fraction of sp³-hybridized carbons (Fsp3) is 0.158. The highest BCUT2D eigenvalue weighted by Crippen LogP contribution is 2.38. The Bertz CT molecular complexity index is 974. The van der Waals surface area contributed by atoms with Crippen LogP contribution in [-0.4, -0.2) is 22.6 Å². The Kier molecular flexibility index (Phi) is 3.53. The van der Waals surface area contributed by atoms with Crippen LogP contribution in [0.5, 0.6) is 11.5 Å². The van der Waals surface area contributed by atoms with Gasteiger partial charge in [0, 0.05) is 22.8 Å². The minimum absolute atomic E-state index is 0.0141. The summed E-state index contributed by atoms with van der Waals surface area (Å²) < 4.78 is 10.8. The Morgan fingerprint density at radius 3 is 3.00 bits per heavy atom. The van der Waals surface area contributed by atoms with Gasteiger partial charge in [-0.05, 0) is 35.7 Å². The van der Waals surface area contributed by atoms with E-state index in [-0.39, 0.29) is 18.9 Å². The van der Waals surface area contributed by atoms with Crippen LogP contribution in [-0.2, 0) is 6.54 Å². The van der Waals surface area contributed by atoms with Gasteiger partial charge < -0.3 is 19.7 Å². The molecule has 2 aromatic heterocycles. The van der Waals surface area contributed by atoms with Gasteiger partial charge in [0.15, 0.2) is 11.5 Å². The van der Waals surface area contributed by atoms with Gasteiger partial charge in [-0.15, -0.1) is 11.3 Å². The van der Waals surface area contributed by atoms with Crippen molar-refractivity contribution in [2.24, 2.45) is 0 Å². The van der Waals surface area contributed by atoms with Gasteiger partial charge in [0.25, 0.3) is 5.91 Å². The molecule has 4 heterocycles. The van der Waals surface area contributed by atoms with E-state index in [2.05, 4.69) is 10.3 Å². The lowest BCUT2D eigenvalue weighted by Crippen LogP contribution is -2.31. The first-order valence-electron chi connectivity index (χ1n) is 8.24. The van der Waals surface area contributed by atoms with Gasteiger partial charge in [0.2, 0.25) is 6.79 Å². The molecule has 0 saturated heterocycles. The van der Waals surface area contributed by atoms with Crippen LogP contribution in [0.4, 0.5) is 5.69 Å². The summed E-state index contributed by atoms with van der Waals surface area (Å²) in [7, 11) is 0. The van der Waals surface area contributed by atoms with Crippen LogP contribution < -0.4 is 14.8 Å². The Hall–Kier alpha value is -3.06. The van der Waals surface area contributed by atoms with E-state index in [0.717, 1.165) is 22.0 Å². The molecule has 5 rings (SSSR count). The maximum Gasteiger partial charge on any atom is 0.258 e. The molecule has 1 atom stereocenters. The van der Waals surface area contributed by atoms with Gasteiger partial charge in [0.1, 0.15) is 6.17 Å². The third kappa shape index (κ3) is 2.48. The predicted octanol–water partition coefficient (Wildman–Crippen LogP) is 3.64. The molecule has 1 amide bonds. The number of hydrogen-bond donors (Lipinski definition) is 1. The van der Waals surface area contributed by atoms with Gasteiger partial charge >= 0.3 is 0 Å². The van der Waals surface area contributed by atoms with Gasteiger partial charge in [-0.3, -0.25) is 9.78 Å². The van der Waals surface area contributed by atoms with E-state index in [4.69, 9.17) is 9.47 Å². The van der Waals surface area contributed by atoms with Crippen LogP contribution in [0.1, 0.15) is 27.1 Å². The SMILES string of the molecule is O=C1c2cccnc2[C@@H](Nc2ccc3c(c2)OCO3)N1Cc1cccs1. The molecule has 0 radical (unpaired) electrons. The van der Waals surface area contributed by atoms with Crippen molar-refractivity contribution in [1.29, 1.82) is 0 Å². The van der Waals surface area contributed by atoms with Crippen LogP contribution in [0, 0.1) is 0 Å². The van der Waals surface area contributed by atoms with Crippen molar-refractivity contribution in [2.45, 2.75) is 12.7 Å². The molecule has 0 saturated carbocycles. The molecule has 0 spiro atoms. The minimum atomic E-state index is -0.332. The lowest BCUT2D eigenvalue weighted by molar-refractivity contribution is 0.0729. The van der Waals surface area contributed by atoms with Crippen LogP contribution in [0.25, 0.3) is 0 Å². The second-order valence-corrected chi connectivity index (χ2v) is 7.10. The first-order chi connectivity index (χ1) is 12.8. The zero-order valence-corrected chi connectivity index (χ0v) is 14.5. The van der Waals surface area contributed by atoms with Crippen molar-refractivity contribution in [3.8, 4) is 11.5 Å². The van der Waals surface area contributed by atoms with E-state index < -0.39 is 0 Å².